The first-order valence-corrected chi connectivity index (χ1v) is 12.5. The Balaban J connectivity index is 1.50. The molecule has 3 aromatic rings. The molecule has 1 N–H and O–H groups in total. The van der Waals surface area contributed by atoms with Crippen LogP contribution in [-0.4, -0.2) is 31.7 Å². The van der Waals surface area contributed by atoms with E-state index in [0.717, 1.165) is 5.56 Å². The monoisotopic (exact) mass is 484 g/mol. The van der Waals surface area contributed by atoms with Gasteiger partial charge < -0.3 is 10.1 Å². The summed E-state index contributed by atoms with van der Waals surface area (Å²) in [5.41, 5.74) is 1.43. The number of hydrogen-bond acceptors (Lipinski definition) is 4. The maximum atomic E-state index is 13.1. The number of nitrogens with one attached hydrogen (secondary N) is 1. The van der Waals surface area contributed by atoms with Gasteiger partial charge in [0.05, 0.1) is 16.5 Å². The first-order valence-electron chi connectivity index (χ1n) is 10.7. The number of rotatable bonds is 6. The van der Waals surface area contributed by atoms with Crippen LogP contribution in [0.2, 0.25) is 5.02 Å². The molecular formula is C25H25ClN2O4S. The van der Waals surface area contributed by atoms with E-state index >= 15 is 0 Å². The van der Waals surface area contributed by atoms with E-state index in [-0.39, 0.29) is 17.3 Å². The number of amides is 1. The predicted octanol–water partition coefficient (Wildman–Crippen LogP) is 5.48. The summed E-state index contributed by atoms with van der Waals surface area (Å²) < 4.78 is 33.5. The van der Waals surface area contributed by atoms with Gasteiger partial charge in [-0.2, -0.15) is 4.31 Å². The Labute approximate surface area is 199 Å². The van der Waals surface area contributed by atoms with Gasteiger partial charge in [0.1, 0.15) is 5.75 Å². The Bertz CT molecular complexity index is 1230. The normalized spacial score (nSPS) is 16.8. The molecule has 0 spiro atoms. The minimum atomic E-state index is -3.67. The highest BCUT2D eigenvalue weighted by atomic mass is 35.5. The number of carbonyl (C=O) groups is 1. The fourth-order valence-electron chi connectivity index (χ4n) is 3.77. The molecule has 1 atom stereocenters. The number of carbonyl (C=O) groups excluding carboxylic acids is 1. The van der Waals surface area contributed by atoms with Gasteiger partial charge in [-0.05, 0) is 62.2 Å². The van der Waals surface area contributed by atoms with Crippen molar-refractivity contribution in [1.29, 1.82) is 0 Å². The van der Waals surface area contributed by atoms with Gasteiger partial charge in [0.25, 0.3) is 0 Å². The summed E-state index contributed by atoms with van der Waals surface area (Å²) in [6, 6.07) is 21.0. The quantitative estimate of drug-likeness (QED) is 0.502. The van der Waals surface area contributed by atoms with Gasteiger partial charge in [-0.15, -0.1) is 0 Å². The van der Waals surface area contributed by atoms with Crippen molar-refractivity contribution in [2.24, 2.45) is 5.92 Å². The predicted molar refractivity (Wildman–Crippen MR) is 129 cm³/mol. The maximum Gasteiger partial charge on any atom is 0.243 e. The molecular weight excluding hydrogens is 460 g/mol. The zero-order chi connectivity index (χ0) is 23.4. The molecule has 1 aliphatic rings. The van der Waals surface area contributed by atoms with Crippen LogP contribution in [-0.2, 0) is 14.8 Å². The number of sulfonamides is 1. The summed E-state index contributed by atoms with van der Waals surface area (Å²) >= 11 is 6.16. The van der Waals surface area contributed by atoms with E-state index in [1.165, 1.54) is 4.31 Å². The molecule has 0 saturated carbocycles. The fourth-order valence-corrected chi connectivity index (χ4v) is 5.47. The first-order chi connectivity index (χ1) is 15.8. The van der Waals surface area contributed by atoms with Gasteiger partial charge in [-0.25, -0.2) is 8.42 Å². The van der Waals surface area contributed by atoms with Crippen LogP contribution >= 0.6 is 11.6 Å². The van der Waals surface area contributed by atoms with Gasteiger partial charge in [0.2, 0.25) is 15.9 Å². The second-order valence-corrected chi connectivity index (χ2v) is 10.4. The second-order valence-electron chi connectivity index (χ2n) is 8.06. The van der Waals surface area contributed by atoms with Gasteiger partial charge >= 0.3 is 0 Å². The SMILES string of the molecule is Cc1ccc(S(=O)(=O)N2CCC[C@H](C(=O)Nc3cc(Cl)ccc3Oc3ccccc3)C2)cc1. The van der Waals surface area contributed by atoms with Crippen LogP contribution in [0.3, 0.4) is 0 Å². The molecule has 0 aliphatic carbocycles. The number of halogens is 1. The van der Waals surface area contributed by atoms with Crippen molar-refractivity contribution in [1.82, 2.24) is 4.31 Å². The molecule has 1 fully saturated rings. The van der Waals surface area contributed by atoms with Crippen LogP contribution in [0.1, 0.15) is 18.4 Å². The summed E-state index contributed by atoms with van der Waals surface area (Å²) in [5.74, 6) is 0.337. The van der Waals surface area contributed by atoms with Gasteiger partial charge in [-0.3, -0.25) is 4.79 Å². The molecule has 1 heterocycles. The lowest BCUT2D eigenvalue weighted by atomic mass is 9.98. The Hall–Kier alpha value is -2.87. The van der Waals surface area contributed by atoms with E-state index in [9.17, 15) is 13.2 Å². The van der Waals surface area contributed by atoms with Crippen molar-refractivity contribution < 1.29 is 17.9 Å². The van der Waals surface area contributed by atoms with E-state index in [1.807, 2.05) is 37.3 Å². The Morgan fingerprint density at radius 1 is 1.06 bits per heavy atom. The van der Waals surface area contributed by atoms with Crippen molar-refractivity contribution in [2.45, 2.75) is 24.7 Å². The average Bonchev–Trinajstić information content (AvgIpc) is 2.82. The first kappa shape index (κ1) is 23.3. The maximum absolute atomic E-state index is 13.1. The summed E-state index contributed by atoms with van der Waals surface area (Å²) in [7, 11) is -3.67. The van der Waals surface area contributed by atoms with Crippen molar-refractivity contribution in [3.63, 3.8) is 0 Å². The lowest BCUT2D eigenvalue weighted by Crippen LogP contribution is -2.43. The highest BCUT2D eigenvalue weighted by Gasteiger charge is 2.33. The molecule has 8 heteroatoms. The van der Waals surface area contributed by atoms with Crippen molar-refractivity contribution in [3.8, 4) is 11.5 Å². The van der Waals surface area contributed by atoms with Crippen LogP contribution in [0.25, 0.3) is 0 Å². The number of piperidine rings is 1. The molecule has 1 aliphatic heterocycles. The molecule has 0 radical (unpaired) electrons. The summed E-state index contributed by atoms with van der Waals surface area (Å²) in [6.45, 7) is 2.42. The van der Waals surface area contributed by atoms with Crippen LogP contribution < -0.4 is 10.1 Å². The number of nitrogens with zero attached hydrogens (tertiary/aromatic N) is 1. The number of benzene rings is 3. The number of anilines is 1. The van der Waals surface area contributed by atoms with E-state index in [0.29, 0.717) is 41.6 Å². The second kappa shape index (κ2) is 9.95. The molecule has 1 amide bonds. The molecule has 6 nitrogen and oxygen atoms in total. The molecule has 4 rings (SSSR count). The Morgan fingerprint density at radius 2 is 1.79 bits per heavy atom. The van der Waals surface area contributed by atoms with Gasteiger partial charge in [-0.1, -0.05) is 47.5 Å². The van der Waals surface area contributed by atoms with Crippen molar-refractivity contribution >= 4 is 33.2 Å². The average molecular weight is 485 g/mol. The standard InChI is InChI=1S/C25H25ClN2O4S/c1-18-9-12-22(13-10-18)33(30,31)28-15-5-6-19(17-28)25(29)27-23-16-20(26)11-14-24(23)32-21-7-3-2-4-8-21/h2-4,7-14,16,19H,5-6,15,17H2,1H3,(H,27,29)/t19-/m0/s1. The molecule has 0 unspecified atom stereocenters. The molecule has 3 aromatic carbocycles. The van der Waals surface area contributed by atoms with Crippen molar-refractivity contribution in [2.75, 3.05) is 18.4 Å². The fraction of sp³-hybridized carbons (Fsp3) is 0.240. The Morgan fingerprint density at radius 3 is 2.52 bits per heavy atom. The van der Waals surface area contributed by atoms with Crippen molar-refractivity contribution in [3.05, 3.63) is 83.4 Å². The van der Waals surface area contributed by atoms with E-state index in [4.69, 9.17) is 16.3 Å². The largest absolute Gasteiger partial charge is 0.455 e. The highest BCUT2D eigenvalue weighted by molar-refractivity contribution is 7.89. The third-order valence-corrected chi connectivity index (χ3v) is 7.70. The third-order valence-electron chi connectivity index (χ3n) is 5.58. The van der Waals surface area contributed by atoms with Crippen LogP contribution in [0, 0.1) is 12.8 Å². The van der Waals surface area contributed by atoms with E-state index in [1.54, 1.807) is 42.5 Å². The zero-order valence-electron chi connectivity index (χ0n) is 18.2. The molecule has 172 valence electrons. The molecule has 0 bridgehead atoms. The number of hydrogen-bond donors (Lipinski definition) is 1. The molecule has 1 saturated heterocycles. The van der Waals surface area contributed by atoms with Gasteiger partial charge in [0, 0.05) is 18.1 Å². The highest BCUT2D eigenvalue weighted by Crippen LogP contribution is 2.33. The summed E-state index contributed by atoms with van der Waals surface area (Å²) in [6.07, 6.45) is 1.20. The van der Waals surface area contributed by atoms with E-state index in [2.05, 4.69) is 5.32 Å². The number of para-hydroxylation sites is 1. The summed E-state index contributed by atoms with van der Waals surface area (Å²) in [4.78, 5) is 13.3. The minimum Gasteiger partial charge on any atom is -0.455 e. The summed E-state index contributed by atoms with van der Waals surface area (Å²) in [5, 5.41) is 3.35. The minimum absolute atomic E-state index is 0.123. The van der Waals surface area contributed by atoms with E-state index < -0.39 is 15.9 Å². The van der Waals surface area contributed by atoms with Crippen LogP contribution in [0.15, 0.2) is 77.7 Å². The lowest BCUT2D eigenvalue weighted by molar-refractivity contribution is -0.120. The number of ether oxygens (including phenoxy) is 1. The molecule has 33 heavy (non-hydrogen) atoms. The lowest BCUT2D eigenvalue weighted by Gasteiger charge is -2.31. The smallest absolute Gasteiger partial charge is 0.243 e. The zero-order valence-corrected chi connectivity index (χ0v) is 19.8. The van der Waals surface area contributed by atoms with Crippen LogP contribution in [0.4, 0.5) is 5.69 Å². The Kier molecular flexibility index (Phi) is 7.02. The van der Waals surface area contributed by atoms with Gasteiger partial charge in [0.15, 0.2) is 5.75 Å². The topological polar surface area (TPSA) is 75.7 Å². The van der Waals surface area contributed by atoms with Crippen LogP contribution in [0.5, 0.6) is 11.5 Å². The molecule has 0 aromatic heterocycles. The third kappa shape index (κ3) is 5.55. The number of aryl methyl sites for hydroxylation is 1.